The number of hydrogen-bond donors (Lipinski definition) is 5. The van der Waals surface area contributed by atoms with Crippen LogP contribution in [-0.2, 0) is 0 Å². The zero-order valence-corrected chi connectivity index (χ0v) is 6.95. The fourth-order valence-corrected chi connectivity index (χ4v) is 0.885. The van der Waals surface area contributed by atoms with Gasteiger partial charge in [0.1, 0.15) is 17.9 Å². The van der Waals surface area contributed by atoms with Gasteiger partial charge < -0.3 is 20.4 Å². The summed E-state index contributed by atoms with van der Waals surface area (Å²) >= 11 is 0. The first-order valence-electron chi connectivity index (χ1n) is 3.69. The van der Waals surface area contributed by atoms with Crippen molar-refractivity contribution in [2.45, 2.75) is 12.2 Å². The third kappa shape index (κ3) is 1.87. The standard InChI is InChI=1S/C6H9N3O5/c10-1-2(11)5(12)3-4(6(13)14)8-9-7-3/h2,5,10-12H,1H2,(H,13,14)(H,7,8,9). The summed E-state index contributed by atoms with van der Waals surface area (Å²) in [4.78, 5) is 10.5. The summed E-state index contributed by atoms with van der Waals surface area (Å²) < 4.78 is 0. The molecule has 1 heterocycles. The van der Waals surface area contributed by atoms with Crippen LogP contribution in [0.15, 0.2) is 0 Å². The number of aromatic carboxylic acids is 1. The third-order valence-corrected chi connectivity index (χ3v) is 1.61. The molecular formula is C6H9N3O5. The van der Waals surface area contributed by atoms with E-state index in [1.807, 2.05) is 5.21 Å². The van der Waals surface area contributed by atoms with Crippen molar-refractivity contribution in [3.05, 3.63) is 11.4 Å². The lowest BCUT2D eigenvalue weighted by atomic mass is 10.1. The summed E-state index contributed by atoms with van der Waals surface area (Å²) in [5, 5.41) is 44.1. The minimum atomic E-state index is -1.58. The summed E-state index contributed by atoms with van der Waals surface area (Å²) in [6.45, 7) is -0.701. The first kappa shape index (κ1) is 10.6. The van der Waals surface area contributed by atoms with Crippen LogP contribution in [-0.4, -0.2) is 54.5 Å². The number of aromatic amines is 1. The molecule has 8 nitrogen and oxygen atoms in total. The van der Waals surface area contributed by atoms with Crippen LogP contribution in [0.5, 0.6) is 0 Å². The molecule has 1 rings (SSSR count). The quantitative estimate of drug-likeness (QED) is 0.377. The van der Waals surface area contributed by atoms with Crippen LogP contribution in [0.1, 0.15) is 22.3 Å². The van der Waals surface area contributed by atoms with Gasteiger partial charge in [0.15, 0.2) is 5.69 Å². The predicted molar refractivity (Wildman–Crippen MR) is 41.4 cm³/mol. The molecule has 0 aromatic carbocycles. The number of rotatable bonds is 4. The summed E-state index contributed by atoms with van der Waals surface area (Å²) in [6, 6.07) is 0. The van der Waals surface area contributed by atoms with Crippen LogP contribution in [0.2, 0.25) is 0 Å². The van der Waals surface area contributed by atoms with E-state index in [0.717, 1.165) is 0 Å². The Morgan fingerprint density at radius 2 is 2.07 bits per heavy atom. The van der Waals surface area contributed by atoms with Crippen LogP contribution < -0.4 is 0 Å². The second-order valence-corrected chi connectivity index (χ2v) is 2.56. The van der Waals surface area contributed by atoms with Crippen molar-refractivity contribution in [3.63, 3.8) is 0 Å². The summed E-state index contributed by atoms with van der Waals surface area (Å²) in [6.07, 6.45) is -3.07. The van der Waals surface area contributed by atoms with E-state index in [2.05, 4.69) is 10.2 Å². The van der Waals surface area contributed by atoms with Gasteiger partial charge in [0, 0.05) is 0 Å². The molecule has 0 aliphatic heterocycles. The van der Waals surface area contributed by atoms with Crippen LogP contribution >= 0.6 is 0 Å². The molecule has 1 aromatic rings. The van der Waals surface area contributed by atoms with Crippen molar-refractivity contribution in [2.24, 2.45) is 0 Å². The number of carboxylic acids is 1. The van der Waals surface area contributed by atoms with Gasteiger partial charge in [0.05, 0.1) is 6.61 Å². The Morgan fingerprint density at radius 1 is 1.43 bits per heavy atom. The van der Waals surface area contributed by atoms with Crippen molar-refractivity contribution in [2.75, 3.05) is 6.61 Å². The molecule has 0 amide bonds. The Balaban J connectivity index is 2.94. The fraction of sp³-hybridized carbons (Fsp3) is 0.500. The van der Waals surface area contributed by atoms with Crippen molar-refractivity contribution in [3.8, 4) is 0 Å². The molecular weight excluding hydrogens is 194 g/mol. The van der Waals surface area contributed by atoms with Gasteiger partial charge in [-0.05, 0) is 0 Å². The molecule has 0 saturated carbocycles. The third-order valence-electron chi connectivity index (χ3n) is 1.61. The molecule has 0 fully saturated rings. The lowest BCUT2D eigenvalue weighted by molar-refractivity contribution is -0.0178. The Bertz CT molecular complexity index is 325. The first-order valence-corrected chi connectivity index (χ1v) is 3.69. The maximum atomic E-state index is 10.5. The van der Waals surface area contributed by atoms with Gasteiger partial charge in [-0.3, -0.25) is 0 Å². The van der Waals surface area contributed by atoms with Crippen LogP contribution in [0.25, 0.3) is 0 Å². The number of carbonyl (C=O) groups is 1. The first-order chi connectivity index (χ1) is 6.57. The molecule has 14 heavy (non-hydrogen) atoms. The Morgan fingerprint density at radius 3 is 2.57 bits per heavy atom. The fourth-order valence-electron chi connectivity index (χ4n) is 0.885. The Kier molecular flexibility index (Phi) is 3.12. The maximum Gasteiger partial charge on any atom is 0.358 e. The number of aliphatic hydroxyl groups is 3. The van der Waals surface area contributed by atoms with E-state index in [1.165, 1.54) is 0 Å². The van der Waals surface area contributed by atoms with E-state index in [9.17, 15) is 9.90 Å². The van der Waals surface area contributed by atoms with Crippen molar-refractivity contribution < 1.29 is 25.2 Å². The van der Waals surface area contributed by atoms with E-state index < -0.39 is 30.5 Å². The summed E-state index contributed by atoms with van der Waals surface area (Å²) in [5.41, 5.74) is -0.788. The highest BCUT2D eigenvalue weighted by Gasteiger charge is 2.27. The predicted octanol–water partition coefficient (Wildman–Crippen LogP) is -2.11. The van der Waals surface area contributed by atoms with Crippen LogP contribution in [0, 0.1) is 0 Å². The molecule has 2 unspecified atom stereocenters. The van der Waals surface area contributed by atoms with E-state index in [0.29, 0.717) is 0 Å². The highest BCUT2D eigenvalue weighted by atomic mass is 16.4. The number of nitrogens with one attached hydrogen (secondary N) is 1. The second-order valence-electron chi connectivity index (χ2n) is 2.56. The number of aliphatic hydroxyl groups excluding tert-OH is 3. The van der Waals surface area contributed by atoms with Gasteiger partial charge in [-0.1, -0.05) is 0 Å². The molecule has 0 saturated heterocycles. The molecule has 0 radical (unpaired) electrons. The SMILES string of the molecule is O=C(O)c1n[nH]nc1C(O)C(O)CO. The maximum absolute atomic E-state index is 10.5. The number of carboxylic acid groups (broad SMARTS) is 1. The zero-order chi connectivity index (χ0) is 10.7. The molecule has 0 aliphatic carbocycles. The monoisotopic (exact) mass is 203 g/mol. The van der Waals surface area contributed by atoms with Gasteiger partial charge in [0.25, 0.3) is 0 Å². The van der Waals surface area contributed by atoms with Gasteiger partial charge in [-0.2, -0.15) is 10.3 Å². The average molecular weight is 203 g/mol. The molecule has 78 valence electrons. The van der Waals surface area contributed by atoms with Crippen molar-refractivity contribution >= 4 is 5.97 Å². The second kappa shape index (κ2) is 4.13. The normalized spacial score (nSPS) is 15.1. The number of aromatic nitrogens is 3. The van der Waals surface area contributed by atoms with E-state index in [1.54, 1.807) is 0 Å². The van der Waals surface area contributed by atoms with Gasteiger partial charge in [-0.15, -0.1) is 5.10 Å². The number of hydrogen-bond acceptors (Lipinski definition) is 6. The van der Waals surface area contributed by atoms with Crippen molar-refractivity contribution in [1.29, 1.82) is 0 Å². The highest BCUT2D eigenvalue weighted by Crippen LogP contribution is 2.16. The largest absolute Gasteiger partial charge is 0.476 e. The molecule has 5 N–H and O–H groups in total. The van der Waals surface area contributed by atoms with Gasteiger partial charge in [-0.25, -0.2) is 4.79 Å². The van der Waals surface area contributed by atoms with Gasteiger partial charge in [0.2, 0.25) is 0 Å². The summed E-state index contributed by atoms with van der Waals surface area (Å²) in [7, 11) is 0. The van der Waals surface area contributed by atoms with E-state index >= 15 is 0 Å². The minimum absolute atomic E-state index is 0.306. The lowest BCUT2D eigenvalue weighted by Gasteiger charge is -2.12. The lowest BCUT2D eigenvalue weighted by Crippen LogP contribution is -2.24. The Labute approximate surface area is 77.8 Å². The van der Waals surface area contributed by atoms with E-state index in [-0.39, 0.29) is 5.69 Å². The molecule has 0 aliphatic rings. The molecule has 2 atom stereocenters. The average Bonchev–Trinajstić information content (AvgIpc) is 2.63. The van der Waals surface area contributed by atoms with Gasteiger partial charge >= 0.3 is 5.97 Å². The zero-order valence-electron chi connectivity index (χ0n) is 6.95. The summed E-state index contributed by atoms with van der Waals surface area (Å²) in [5.74, 6) is -1.38. The number of H-pyrrole nitrogens is 1. The molecule has 1 aromatic heterocycles. The molecule has 0 spiro atoms. The van der Waals surface area contributed by atoms with Crippen molar-refractivity contribution in [1.82, 2.24) is 15.4 Å². The molecule has 0 bridgehead atoms. The molecule has 8 heteroatoms. The van der Waals surface area contributed by atoms with Crippen LogP contribution in [0.3, 0.4) is 0 Å². The number of nitrogens with zero attached hydrogens (tertiary/aromatic N) is 2. The van der Waals surface area contributed by atoms with Crippen LogP contribution in [0.4, 0.5) is 0 Å². The Hall–Kier alpha value is -1.51. The highest BCUT2D eigenvalue weighted by molar-refractivity contribution is 5.86. The van der Waals surface area contributed by atoms with E-state index in [4.69, 9.17) is 15.3 Å². The smallest absolute Gasteiger partial charge is 0.358 e. The topological polar surface area (TPSA) is 140 Å². The minimum Gasteiger partial charge on any atom is -0.476 e.